The molecule has 3 aliphatic rings. The lowest BCUT2D eigenvalue weighted by atomic mass is 9.79. The van der Waals surface area contributed by atoms with Crippen LogP contribution in [0.2, 0.25) is 0 Å². The molecule has 1 aromatic carbocycles. The summed E-state index contributed by atoms with van der Waals surface area (Å²) in [6, 6.07) is 7.32. The van der Waals surface area contributed by atoms with Crippen LogP contribution in [-0.2, 0) is 28.7 Å². The van der Waals surface area contributed by atoms with Crippen molar-refractivity contribution >= 4 is 29.4 Å². The molecule has 2 unspecified atom stereocenters. The Morgan fingerprint density at radius 3 is 2.11 bits per heavy atom. The number of hydrogen-bond acceptors (Lipinski definition) is 6. The van der Waals surface area contributed by atoms with Gasteiger partial charge in [-0.3, -0.25) is 19.2 Å². The minimum atomic E-state index is -1.50. The van der Waals surface area contributed by atoms with E-state index in [0.29, 0.717) is 18.5 Å². The van der Waals surface area contributed by atoms with Gasteiger partial charge >= 0.3 is 11.9 Å². The molecule has 0 N–H and O–H groups in total. The number of carbonyl (C=O) groups excluding carboxylic acids is 4. The Labute approximate surface area is 206 Å². The smallest absolute Gasteiger partial charge is 0.324 e. The third-order valence-corrected chi connectivity index (χ3v) is 7.18. The minimum Gasteiger partial charge on any atom is -0.465 e. The number of anilines is 1. The largest absolute Gasteiger partial charge is 0.465 e. The van der Waals surface area contributed by atoms with E-state index >= 15 is 0 Å². The van der Waals surface area contributed by atoms with Crippen molar-refractivity contribution in [2.45, 2.75) is 59.3 Å². The number of hydrogen-bond donors (Lipinski definition) is 0. The highest BCUT2D eigenvalue weighted by Gasteiger charge is 2.53. The number of esters is 2. The van der Waals surface area contributed by atoms with Gasteiger partial charge in [0.05, 0.1) is 30.7 Å². The predicted octanol–water partition coefficient (Wildman–Crippen LogP) is 4.43. The minimum absolute atomic E-state index is 0.0685. The zero-order valence-electron chi connectivity index (χ0n) is 20.7. The zero-order chi connectivity index (χ0) is 25.2. The standard InChI is InChI=1S/C28H33NO6/c1-4-34-26(32)28(27(33)35-5-2,16-14-19-8-9-19)17-15-20-10-13-22-23(20)25(31)29(24(22)30)21-11-6-18(3)7-12-21/h6-7,11-12,14-15,22-23H,4-5,8-10,13,16-17H2,1-3H3/b20-15+. The molecule has 4 rings (SSSR count). The summed E-state index contributed by atoms with van der Waals surface area (Å²) < 4.78 is 10.6. The van der Waals surface area contributed by atoms with Crippen LogP contribution in [0.25, 0.3) is 0 Å². The van der Waals surface area contributed by atoms with E-state index in [0.717, 1.165) is 24.0 Å². The lowest BCUT2D eigenvalue weighted by Gasteiger charge is -2.27. The lowest BCUT2D eigenvalue weighted by Crippen LogP contribution is -2.41. The molecule has 7 heteroatoms. The Kier molecular flexibility index (Phi) is 7.24. The summed E-state index contributed by atoms with van der Waals surface area (Å²) in [6.07, 6.45) is 7.10. The van der Waals surface area contributed by atoms with Crippen molar-refractivity contribution in [1.82, 2.24) is 0 Å². The summed E-state index contributed by atoms with van der Waals surface area (Å²) in [5.74, 6) is -2.64. The first-order valence-electron chi connectivity index (χ1n) is 12.5. The Morgan fingerprint density at radius 1 is 0.943 bits per heavy atom. The Bertz CT molecular complexity index is 1060. The van der Waals surface area contributed by atoms with Gasteiger partial charge < -0.3 is 9.47 Å². The highest BCUT2D eigenvalue weighted by atomic mass is 16.6. The molecule has 1 aromatic rings. The molecule has 1 aliphatic heterocycles. The van der Waals surface area contributed by atoms with Crippen molar-refractivity contribution in [3.63, 3.8) is 0 Å². The summed E-state index contributed by atoms with van der Waals surface area (Å²) in [5.41, 5.74) is 2.13. The van der Waals surface area contributed by atoms with Gasteiger partial charge in [0.15, 0.2) is 5.41 Å². The maximum absolute atomic E-state index is 13.4. The molecular formula is C28H33NO6. The quantitative estimate of drug-likeness (QED) is 0.225. The summed E-state index contributed by atoms with van der Waals surface area (Å²) in [5, 5.41) is 0. The van der Waals surface area contributed by atoms with Gasteiger partial charge in [0, 0.05) is 0 Å². The number of nitrogens with zero attached hydrogens (tertiary/aromatic N) is 1. The Balaban J connectivity index is 1.63. The van der Waals surface area contributed by atoms with E-state index in [4.69, 9.17) is 9.47 Å². The second-order valence-corrected chi connectivity index (χ2v) is 9.54. The van der Waals surface area contributed by atoms with E-state index in [9.17, 15) is 19.2 Å². The van der Waals surface area contributed by atoms with Gasteiger partial charge in [-0.25, -0.2) is 4.90 Å². The zero-order valence-corrected chi connectivity index (χ0v) is 20.7. The van der Waals surface area contributed by atoms with Crippen LogP contribution in [-0.4, -0.2) is 37.0 Å². The molecule has 1 heterocycles. The van der Waals surface area contributed by atoms with E-state index < -0.39 is 29.2 Å². The molecule has 0 aromatic heterocycles. The molecule has 2 aliphatic carbocycles. The number of rotatable bonds is 9. The average Bonchev–Trinajstić information content (AvgIpc) is 3.51. The van der Waals surface area contributed by atoms with Crippen molar-refractivity contribution in [3.05, 3.63) is 53.1 Å². The molecule has 0 spiro atoms. The number of amides is 2. The van der Waals surface area contributed by atoms with Crippen molar-refractivity contribution in [1.29, 1.82) is 0 Å². The number of imide groups is 1. The lowest BCUT2D eigenvalue weighted by molar-refractivity contribution is -0.171. The monoisotopic (exact) mass is 479 g/mol. The van der Waals surface area contributed by atoms with Crippen molar-refractivity contribution in [3.8, 4) is 0 Å². The van der Waals surface area contributed by atoms with Crippen LogP contribution < -0.4 is 4.90 Å². The van der Waals surface area contributed by atoms with E-state index in [2.05, 4.69) is 0 Å². The van der Waals surface area contributed by atoms with Gasteiger partial charge in [0.2, 0.25) is 11.8 Å². The molecule has 2 amide bonds. The molecule has 1 saturated heterocycles. The average molecular weight is 480 g/mol. The van der Waals surface area contributed by atoms with Crippen LogP contribution in [0, 0.1) is 24.2 Å². The number of benzene rings is 1. The second kappa shape index (κ2) is 10.2. The van der Waals surface area contributed by atoms with Crippen LogP contribution >= 0.6 is 0 Å². The van der Waals surface area contributed by atoms with Crippen LogP contribution in [0.15, 0.2) is 47.6 Å². The topological polar surface area (TPSA) is 90.0 Å². The van der Waals surface area contributed by atoms with Crippen LogP contribution in [0.5, 0.6) is 0 Å². The Hall–Kier alpha value is -3.22. The summed E-state index contributed by atoms with van der Waals surface area (Å²) in [6.45, 7) is 5.66. The van der Waals surface area contributed by atoms with Gasteiger partial charge in [-0.1, -0.05) is 41.0 Å². The number of allylic oxidation sites excluding steroid dienone is 3. The maximum atomic E-state index is 13.4. The van der Waals surface area contributed by atoms with Gasteiger partial charge in [-0.15, -0.1) is 0 Å². The normalized spacial score (nSPS) is 22.4. The first-order chi connectivity index (χ1) is 16.8. The molecule has 186 valence electrons. The van der Waals surface area contributed by atoms with Crippen LogP contribution in [0.1, 0.15) is 57.9 Å². The summed E-state index contributed by atoms with van der Waals surface area (Å²) in [7, 11) is 0. The van der Waals surface area contributed by atoms with E-state index in [1.807, 2.05) is 31.2 Å². The SMILES string of the molecule is CCOC(=O)C(CC=C1CC1)(C/C=C1\CCC2C(=O)N(c3ccc(C)cc3)C(=O)C12)C(=O)OCC. The van der Waals surface area contributed by atoms with E-state index in [1.54, 1.807) is 26.0 Å². The van der Waals surface area contributed by atoms with Crippen LogP contribution in [0.4, 0.5) is 5.69 Å². The first kappa shape index (κ1) is 24.9. The highest BCUT2D eigenvalue weighted by molar-refractivity contribution is 6.23. The van der Waals surface area contributed by atoms with Gasteiger partial charge in [0.25, 0.3) is 0 Å². The van der Waals surface area contributed by atoms with Crippen molar-refractivity contribution < 1.29 is 28.7 Å². The maximum Gasteiger partial charge on any atom is 0.324 e. The van der Waals surface area contributed by atoms with E-state index in [1.165, 1.54) is 10.5 Å². The van der Waals surface area contributed by atoms with E-state index in [-0.39, 0.29) is 37.9 Å². The molecule has 0 bridgehead atoms. The summed E-state index contributed by atoms with van der Waals surface area (Å²) >= 11 is 0. The van der Waals surface area contributed by atoms with Crippen molar-refractivity contribution in [2.24, 2.45) is 17.3 Å². The number of fused-ring (bicyclic) bond motifs is 1. The first-order valence-corrected chi connectivity index (χ1v) is 12.5. The van der Waals surface area contributed by atoms with Crippen LogP contribution in [0.3, 0.4) is 0 Å². The molecule has 0 radical (unpaired) electrons. The molecule has 35 heavy (non-hydrogen) atoms. The molecule has 3 fully saturated rings. The fourth-order valence-corrected chi connectivity index (χ4v) is 5.03. The van der Waals surface area contributed by atoms with Gasteiger partial charge in [0.1, 0.15) is 0 Å². The fourth-order valence-electron chi connectivity index (χ4n) is 5.03. The number of ether oxygens (including phenoxy) is 2. The third-order valence-electron chi connectivity index (χ3n) is 7.18. The highest BCUT2D eigenvalue weighted by Crippen LogP contribution is 2.46. The van der Waals surface area contributed by atoms with Gasteiger partial charge in [-0.05, 0) is 71.4 Å². The third kappa shape index (κ3) is 4.81. The number of carbonyl (C=O) groups is 4. The Morgan fingerprint density at radius 2 is 1.54 bits per heavy atom. The fraction of sp³-hybridized carbons (Fsp3) is 0.500. The molecule has 2 saturated carbocycles. The second-order valence-electron chi connectivity index (χ2n) is 9.54. The van der Waals surface area contributed by atoms with Gasteiger partial charge in [-0.2, -0.15) is 0 Å². The number of aryl methyl sites for hydroxylation is 1. The molecule has 7 nitrogen and oxygen atoms in total. The predicted molar refractivity (Wildman–Crippen MR) is 130 cm³/mol. The van der Waals surface area contributed by atoms with Crippen molar-refractivity contribution in [2.75, 3.05) is 18.1 Å². The molecular weight excluding hydrogens is 446 g/mol. The molecule has 2 atom stereocenters. The summed E-state index contributed by atoms with van der Waals surface area (Å²) in [4.78, 5) is 54.0.